The van der Waals surface area contributed by atoms with E-state index in [1.165, 1.54) is 5.56 Å². The van der Waals surface area contributed by atoms with E-state index in [-0.39, 0.29) is 24.0 Å². The number of hydrogen-bond donors (Lipinski definition) is 1. The highest BCUT2D eigenvalue weighted by Crippen LogP contribution is 2.16. The van der Waals surface area contributed by atoms with Crippen molar-refractivity contribution in [2.45, 2.75) is 46.1 Å². The highest BCUT2D eigenvalue weighted by molar-refractivity contribution is 14.0. The number of rotatable bonds is 8. The Bertz CT molecular complexity index is 532. The largest absolute Gasteiger partial charge is 0.493 e. The van der Waals surface area contributed by atoms with E-state index >= 15 is 0 Å². The Hall–Kier alpha value is -1.02. The number of aryl methyl sites for hydroxylation is 1. The fourth-order valence-electron chi connectivity index (χ4n) is 3.05. The summed E-state index contributed by atoms with van der Waals surface area (Å²) in [4.78, 5) is 7.12. The number of nitrogens with one attached hydrogen (secondary N) is 1. The van der Waals surface area contributed by atoms with Crippen LogP contribution >= 0.6 is 24.0 Å². The highest BCUT2D eigenvalue weighted by atomic mass is 127. The van der Waals surface area contributed by atoms with Crippen LogP contribution in [-0.2, 0) is 4.74 Å². The maximum absolute atomic E-state index is 5.85. The molecule has 1 aliphatic heterocycles. The van der Waals surface area contributed by atoms with Crippen molar-refractivity contribution in [3.05, 3.63) is 29.8 Å². The lowest BCUT2D eigenvalue weighted by molar-refractivity contribution is 0.0264. The third-order valence-electron chi connectivity index (χ3n) is 4.39. The first-order chi connectivity index (χ1) is 12.2. The van der Waals surface area contributed by atoms with Gasteiger partial charge in [0.2, 0.25) is 0 Å². The molecule has 26 heavy (non-hydrogen) atoms. The normalized spacial score (nSPS) is 15.5. The topological polar surface area (TPSA) is 46.1 Å². The summed E-state index contributed by atoms with van der Waals surface area (Å²) >= 11 is 0. The van der Waals surface area contributed by atoms with Crippen LogP contribution in [0.5, 0.6) is 5.75 Å². The summed E-state index contributed by atoms with van der Waals surface area (Å²) in [5.41, 5.74) is 1.18. The summed E-state index contributed by atoms with van der Waals surface area (Å²) in [5, 5.41) is 3.41. The Morgan fingerprint density at radius 2 is 1.96 bits per heavy atom. The first-order valence-corrected chi connectivity index (χ1v) is 9.57. The molecule has 0 amide bonds. The lowest BCUT2D eigenvalue weighted by Crippen LogP contribution is -2.47. The first-order valence-electron chi connectivity index (χ1n) is 9.57. The van der Waals surface area contributed by atoms with E-state index in [0.717, 1.165) is 63.8 Å². The van der Waals surface area contributed by atoms with E-state index in [4.69, 9.17) is 14.5 Å². The molecule has 6 heteroatoms. The van der Waals surface area contributed by atoms with Gasteiger partial charge < -0.3 is 19.7 Å². The standard InChI is InChI=1S/C20H33N3O2.HI/c1-4-21-20(23-14-11-18(12-15-23)24-5-2)22-13-8-16-25-19-10-7-6-9-17(19)3;/h6-7,9-10,18H,4-5,8,11-16H2,1-3H3,(H,21,22);1H. The van der Waals surface area contributed by atoms with Gasteiger partial charge in [-0.2, -0.15) is 0 Å². The molecule has 0 spiro atoms. The summed E-state index contributed by atoms with van der Waals surface area (Å²) in [6.07, 6.45) is 3.48. The Labute approximate surface area is 175 Å². The molecule has 148 valence electrons. The molecule has 0 saturated carbocycles. The van der Waals surface area contributed by atoms with E-state index < -0.39 is 0 Å². The summed E-state index contributed by atoms with van der Waals surface area (Å²) in [5.74, 6) is 1.99. The van der Waals surface area contributed by atoms with Crippen LogP contribution in [0.3, 0.4) is 0 Å². The molecule has 0 bridgehead atoms. The van der Waals surface area contributed by atoms with Gasteiger partial charge in [0, 0.05) is 39.2 Å². The molecule has 0 unspecified atom stereocenters. The fourth-order valence-corrected chi connectivity index (χ4v) is 3.05. The van der Waals surface area contributed by atoms with E-state index in [1.807, 2.05) is 18.2 Å². The van der Waals surface area contributed by atoms with Gasteiger partial charge >= 0.3 is 0 Å². The number of nitrogens with zero attached hydrogens (tertiary/aromatic N) is 2. The second-order valence-electron chi connectivity index (χ2n) is 6.34. The number of benzene rings is 1. The lowest BCUT2D eigenvalue weighted by atomic mass is 10.1. The van der Waals surface area contributed by atoms with Crippen molar-refractivity contribution in [2.75, 3.05) is 39.4 Å². The zero-order chi connectivity index (χ0) is 17.9. The van der Waals surface area contributed by atoms with Gasteiger partial charge in [-0.25, -0.2) is 0 Å². The van der Waals surface area contributed by atoms with Gasteiger partial charge in [-0.15, -0.1) is 24.0 Å². The van der Waals surface area contributed by atoms with E-state index in [2.05, 4.69) is 37.1 Å². The van der Waals surface area contributed by atoms with Crippen LogP contribution in [0.15, 0.2) is 29.3 Å². The zero-order valence-corrected chi connectivity index (χ0v) is 18.7. The van der Waals surface area contributed by atoms with Crippen LogP contribution in [0.2, 0.25) is 0 Å². The number of guanidine groups is 1. The van der Waals surface area contributed by atoms with Crippen molar-refractivity contribution in [1.29, 1.82) is 0 Å². The van der Waals surface area contributed by atoms with Crippen molar-refractivity contribution < 1.29 is 9.47 Å². The molecule has 1 aromatic carbocycles. The van der Waals surface area contributed by atoms with Gasteiger partial charge in [-0.3, -0.25) is 4.99 Å². The van der Waals surface area contributed by atoms with E-state index in [1.54, 1.807) is 0 Å². The average molecular weight is 475 g/mol. The predicted octanol–water partition coefficient (Wildman–Crippen LogP) is 3.85. The van der Waals surface area contributed by atoms with Crippen molar-refractivity contribution in [3.63, 3.8) is 0 Å². The molecular formula is C20H34IN3O2. The molecule has 1 aromatic rings. The molecule has 1 aliphatic rings. The minimum absolute atomic E-state index is 0. The van der Waals surface area contributed by atoms with Gasteiger partial charge in [-0.1, -0.05) is 18.2 Å². The molecule has 2 rings (SSSR count). The lowest BCUT2D eigenvalue weighted by Gasteiger charge is -2.34. The summed E-state index contributed by atoms with van der Waals surface area (Å²) in [6.45, 7) is 11.4. The summed E-state index contributed by atoms with van der Waals surface area (Å²) in [6, 6.07) is 8.13. The third-order valence-corrected chi connectivity index (χ3v) is 4.39. The molecule has 0 radical (unpaired) electrons. The van der Waals surface area contributed by atoms with Crippen LogP contribution in [0.4, 0.5) is 0 Å². The first kappa shape index (κ1) is 23.0. The molecule has 1 N–H and O–H groups in total. The Balaban J connectivity index is 0.00000338. The summed E-state index contributed by atoms with van der Waals surface area (Å²) < 4.78 is 11.6. The van der Waals surface area contributed by atoms with Crippen LogP contribution < -0.4 is 10.1 Å². The van der Waals surface area contributed by atoms with Gasteiger partial charge in [0.15, 0.2) is 5.96 Å². The van der Waals surface area contributed by atoms with Gasteiger partial charge in [-0.05, 0) is 45.2 Å². The van der Waals surface area contributed by atoms with Gasteiger partial charge in [0.1, 0.15) is 5.75 Å². The minimum Gasteiger partial charge on any atom is -0.493 e. The molecule has 0 aromatic heterocycles. The monoisotopic (exact) mass is 475 g/mol. The second kappa shape index (κ2) is 13.2. The van der Waals surface area contributed by atoms with Crippen molar-refractivity contribution in [2.24, 2.45) is 4.99 Å². The highest BCUT2D eigenvalue weighted by Gasteiger charge is 2.21. The molecule has 0 aliphatic carbocycles. The smallest absolute Gasteiger partial charge is 0.193 e. The molecule has 1 heterocycles. The Morgan fingerprint density at radius 3 is 2.62 bits per heavy atom. The van der Waals surface area contributed by atoms with E-state index in [0.29, 0.717) is 12.7 Å². The minimum atomic E-state index is 0. The molecule has 1 fully saturated rings. The second-order valence-corrected chi connectivity index (χ2v) is 6.34. The van der Waals surface area contributed by atoms with Crippen molar-refractivity contribution in [3.8, 4) is 5.75 Å². The fraction of sp³-hybridized carbons (Fsp3) is 0.650. The zero-order valence-electron chi connectivity index (χ0n) is 16.4. The number of hydrogen-bond acceptors (Lipinski definition) is 3. The third kappa shape index (κ3) is 7.70. The predicted molar refractivity (Wildman–Crippen MR) is 119 cm³/mol. The maximum Gasteiger partial charge on any atom is 0.193 e. The van der Waals surface area contributed by atoms with Gasteiger partial charge in [0.05, 0.1) is 12.7 Å². The van der Waals surface area contributed by atoms with Crippen molar-refractivity contribution in [1.82, 2.24) is 10.2 Å². The number of aliphatic imine (C=N–C) groups is 1. The molecule has 0 atom stereocenters. The van der Waals surface area contributed by atoms with Crippen LogP contribution in [-0.4, -0.2) is 56.4 Å². The van der Waals surface area contributed by atoms with Crippen LogP contribution in [0.1, 0.15) is 38.7 Å². The molecular weight excluding hydrogens is 441 g/mol. The Morgan fingerprint density at radius 1 is 1.23 bits per heavy atom. The number of piperidine rings is 1. The summed E-state index contributed by atoms with van der Waals surface area (Å²) in [7, 11) is 0. The molecule has 1 saturated heterocycles. The van der Waals surface area contributed by atoms with Crippen LogP contribution in [0.25, 0.3) is 0 Å². The Kier molecular flexibility index (Phi) is 11.7. The van der Waals surface area contributed by atoms with Gasteiger partial charge in [0.25, 0.3) is 0 Å². The maximum atomic E-state index is 5.85. The van der Waals surface area contributed by atoms with Crippen molar-refractivity contribution >= 4 is 29.9 Å². The van der Waals surface area contributed by atoms with Crippen LogP contribution in [0, 0.1) is 6.92 Å². The SMILES string of the molecule is CCNC(=NCCCOc1ccccc1C)N1CCC(OCC)CC1.I. The van der Waals surface area contributed by atoms with E-state index in [9.17, 15) is 0 Å². The number of halogens is 1. The quantitative estimate of drug-likeness (QED) is 0.269. The number of ether oxygens (including phenoxy) is 2. The average Bonchev–Trinajstić information content (AvgIpc) is 2.63. The number of likely N-dealkylation sites (tertiary alicyclic amines) is 1. The number of para-hydroxylation sites is 1. The molecule has 5 nitrogen and oxygen atoms in total.